The van der Waals surface area contributed by atoms with E-state index in [1.165, 1.54) is 6.20 Å². The van der Waals surface area contributed by atoms with E-state index in [9.17, 15) is 13.6 Å². The molecule has 3 nitrogen and oxygen atoms in total. The number of carbonyl (C=O) groups is 1. The van der Waals surface area contributed by atoms with Crippen LogP contribution in [0, 0.1) is 6.92 Å². The zero-order valence-electron chi connectivity index (χ0n) is 9.47. The fourth-order valence-corrected chi connectivity index (χ4v) is 1.70. The number of ether oxygens (including phenoxy) is 1. The zero-order chi connectivity index (χ0) is 13.0. The molecule has 6 heteroatoms. The molecule has 0 aliphatic carbocycles. The number of pyridine rings is 1. The van der Waals surface area contributed by atoms with Crippen molar-refractivity contribution in [3.05, 3.63) is 28.0 Å². The monoisotopic (exact) mass is 263 g/mol. The number of alkyl halides is 2. The highest BCUT2D eigenvalue weighted by molar-refractivity contribution is 6.32. The summed E-state index contributed by atoms with van der Waals surface area (Å²) in [5, 5.41) is -0.159. The van der Waals surface area contributed by atoms with Crippen LogP contribution in [0.15, 0.2) is 6.20 Å². The number of aryl methyl sites for hydroxylation is 1. The summed E-state index contributed by atoms with van der Waals surface area (Å²) < 4.78 is 29.9. The maximum absolute atomic E-state index is 12.6. The van der Waals surface area contributed by atoms with Crippen molar-refractivity contribution in [2.45, 2.75) is 26.7 Å². The van der Waals surface area contributed by atoms with E-state index in [0.29, 0.717) is 11.1 Å². The van der Waals surface area contributed by atoms with Gasteiger partial charge in [0.25, 0.3) is 6.43 Å². The smallest absolute Gasteiger partial charge is 0.310 e. The Morgan fingerprint density at radius 3 is 2.76 bits per heavy atom. The third-order valence-corrected chi connectivity index (χ3v) is 2.62. The Balaban J connectivity index is 3.05. The van der Waals surface area contributed by atoms with Crippen LogP contribution in [0.5, 0.6) is 0 Å². The van der Waals surface area contributed by atoms with Crippen molar-refractivity contribution in [2.75, 3.05) is 6.61 Å². The van der Waals surface area contributed by atoms with Gasteiger partial charge in [-0.1, -0.05) is 11.6 Å². The first-order valence-electron chi connectivity index (χ1n) is 5.05. The van der Waals surface area contributed by atoms with Crippen molar-refractivity contribution in [3.63, 3.8) is 0 Å². The van der Waals surface area contributed by atoms with Crippen LogP contribution in [-0.2, 0) is 16.0 Å². The molecule has 0 bridgehead atoms. The van der Waals surface area contributed by atoms with Gasteiger partial charge in [-0.05, 0) is 25.0 Å². The summed E-state index contributed by atoms with van der Waals surface area (Å²) in [4.78, 5) is 14.9. The number of halogens is 3. The molecule has 94 valence electrons. The standard InChI is InChI=1S/C11H12ClF2NO2/c1-3-17-8(16)4-7-6(2)5-15-10(9(7)12)11(13)14/h5,11H,3-4H2,1-2H3. The Bertz CT molecular complexity index is 424. The van der Waals surface area contributed by atoms with Crippen molar-refractivity contribution in [1.29, 1.82) is 0 Å². The second kappa shape index (κ2) is 5.91. The van der Waals surface area contributed by atoms with Gasteiger partial charge in [0.1, 0.15) is 5.69 Å². The van der Waals surface area contributed by atoms with E-state index in [-0.39, 0.29) is 18.1 Å². The Kier molecular flexibility index (Phi) is 4.81. The molecule has 0 aliphatic heterocycles. The first kappa shape index (κ1) is 13.8. The molecule has 0 atom stereocenters. The van der Waals surface area contributed by atoms with Crippen molar-refractivity contribution >= 4 is 17.6 Å². The molecule has 0 N–H and O–H groups in total. The lowest BCUT2D eigenvalue weighted by Gasteiger charge is -2.10. The maximum atomic E-state index is 12.6. The lowest BCUT2D eigenvalue weighted by Crippen LogP contribution is -2.10. The predicted molar refractivity (Wildman–Crippen MR) is 59.3 cm³/mol. The summed E-state index contributed by atoms with van der Waals surface area (Å²) in [5.74, 6) is -0.496. The summed E-state index contributed by atoms with van der Waals surface area (Å²) in [5.41, 5.74) is 0.430. The highest BCUT2D eigenvalue weighted by Crippen LogP contribution is 2.29. The van der Waals surface area contributed by atoms with Crippen molar-refractivity contribution in [3.8, 4) is 0 Å². The van der Waals surface area contributed by atoms with Crippen LogP contribution in [0.3, 0.4) is 0 Å². The Hall–Kier alpha value is -1.23. The second-order valence-electron chi connectivity index (χ2n) is 3.40. The third kappa shape index (κ3) is 3.36. The molecule has 0 amide bonds. The normalized spacial score (nSPS) is 10.7. The van der Waals surface area contributed by atoms with E-state index in [2.05, 4.69) is 4.98 Å². The van der Waals surface area contributed by atoms with Gasteiger partial charge < -0.3 is 4.74 Å². The number of aromatic nitrogens is 1. The molecule has 0 aliphatic rings. The molecule has 1 rings (SSSR count). The number of nitrogens with zero attached hydrogens (tertiary/aromatic N) is 1. The molecule has 0 aromatic carbocycles. The number of esters is 1. The fourth-order valence-electron chi connectivity index (χ4n) is 1.35. The third-order valence-electron chi connectivity index (χ3n) is 2.20. The Morgan fingerprint density at radius 2 is 2.24 bits per heavy atom. The fraction of sp³-hybridized carbons (Fsp3) is 0.455. The van der Waals surface area contributed by atoms with Crippen molar-refractivity contribution in [1.82, 2.24) is 4.98 Å². The average molecular weight is 264 g/mol. The number of hydrogen-bond donors (Lipinski definition) is 0. The molecule has 0 spiro atoms. The molecule has 0 radical (unpaired) electrons. The molecule has 0 saturated heterocycles. The minimum Gasteiger partial charge on any atom is -0.466 e. The molecule has 17 heavy (non-hydrogen) atoms. The van der Waals surface area contributed by atoms with Gasteiger partial charge in [0.15, 0.2) is 0 Å². The minimum atomic E-state index is -2.76. The highest BCUT2D eigenvalue weighted by Gasteiger charge is 2.20. The molecular weight excluding hydrogens is 252 g/mol. The van der Waals surface area contributed by atoms with Crippen LogP contribution in [0.1, 0.15) is 30.2 Å². The van der Waals surface area contributed by atoms with E-state index < -0.39 is 18.1 Å². The lowest BCUT2D eigenvalue weighted by molar-refractivity contribution is -0.142. The van der Waals surface area contributed by atoms with Gasteiger partial charge in [-0.3, -0.25) is 9.78 Å². The number of hydrogen-bond acceptors (Lipinski definition) is 3. The van der Waals surface area contributed by atoms with E-state index in [0.717, 1.165) is 0 Å². The van der Waals surface area contributed by atoms with Crippen LogP contribution in [0.4, 0.5) is 8.78 Å². The van der Waals surface area contributed by atoms with Crippen molar-refractivity contribution < 1.29 is 18.3 Å². The highest BCUT2D eigenvalue weighted by atomic mass is 35.5. The summed E-state index contributed by atoms with van der Waals surface area (Å²) >= 11 is 5.80. The quantitative estimate of drug-likeness (QED) is 0.784. The predicted octanol–water partition coefficient (Wildman–Crippen LogP) is 3.09. The summed E-state index contributed by atoms with van der Waals surface area (Å²) in [6.45, 7) is 3.56. The number of carbonyl (C=O) groups excluding carboxylic acids is 1. The minimum absolute atomic E-state index is 0.124. The van der Waals surface area contributed by atoms with E-state index in [4.69, 9.17) is 16.3 Å². The molecule has 1 heterocycles. The lowest BCUT2D eigenvalue weighted by atomic mass is 10.1. The van der Waals surface area contributed by atoms with E-state index in [1.54, 1.807) is 13.8 Å². The average Bonchev–Trinajstić information content (AvgIpc) is 2.24. The molecule has 0 saturated carbocycles. The molecule has 1 aromatic rings. The number of rotatable bonds is 4. The molecule has 0 unspecified atom stereocenters. The van der Waals surface area contributed by atoms with Gasteiger partial charge in [0.05, 0.1) is 18.1 Å². The SMILES string of the molecule is CCOC(=O)Cc1c(C)cnc(C(F)F)c1Cl. The van der Waals surface area contributed by atoms with E-state index in [1.807, 2.05) is 0 Å². The zero-order valence-corrected chi connectivity index (χ0v) is 10.2. The Morgan fingerprint density at radius 1 is 1.59 bits per heavy atom. The molecular formula is C11H12ClF2NO2. The van der Waals surface area contributed by atoms with Crippen LogP contribution in [-0.4, -0.2) is 17.6 Å². The first-order chi connectivity index (χ1) is 7.97. The maximum Gasteiger partial charge on any atom is 0.310 e. The summed E-state index contributed by atoms with van der Waals surface area (Å²) in [6, 6.07) is 0. The van der Waals surface area contributed by atoms with Gasteiger partial charge in [-0.25, -0.2) is 8.78 Å². The van der Waals surface area contributed by atoms with Gasteiger partial charge in [0, 0.05) is 6.20 Å². The van der Waals surface area contributed by atoms with Crippen LogP contribution >= 0.6 is 11.6 Å². The van der Waals surface area contributed by atoms with Gasteiger partial charge in [-0.15, -0.1) is 0 Å². The van der Waals surface area contributed by atoms with Crippen LogP contribution in [0.2, 0.25) is 5.02 Å². The largest absolute Gasteiger partial charge is 0.466 e. The van der Waals surface area contributed by atoms with Gasteiger partial charge >= 0.3 is 5.97 Å². The Labute approximate surface area is 103 Å². The topological polar surface area (TPSA) is 39.2 Å². The van der Waals surface area contributed by atoms with Gasteiger partial charge in [0.2, 0.25) is 0 Å². The molecule has 0 fully saturated rings. The molecule has 1 aromatic heterocycles. The van der Waals surface area contributed by atoms with Crippen LogP contribution < -0.4 is 0 Å². The summed E-state index contributed by atoms with van der Waals surface area (Å²) in [6.07, 6.45) is -1.60. The summed E-state index contributed by atoms with van der Waals surface area (Å²) in [7, 11) is 0. The van der Waals surface area contributed by atoms with Gasteiger partial charge in [-0.2, -0.15) is 0 Å². The van der Waals surface area contributed by atoms with Crippen molar-refractivity contribution in [2.24, 2.45) is 0 Å². The first-order valence-corrected chi connectivity index (χ1v) is 5.42. The van der Waals surface area contributed by atoms with E-state index >= 15 is 0 Å². The second-order valence-corrected chi connectivity index (χ2v) is 3.78. The van der Waals surface area contributed by atoms with Crippen LogP contribution in [0.25, 0.3) is 0 Å².